The third-order valence-electron chi connectivity index (χ3n) is 2.55. The van der Waals surface area contributed by atoms with E-state index < -0.39 is 0 Å². The smallest absolute Gasteiger partial charge is 0.164 e. The van der Waals surface area contributed by atoms with Crippen LogP contribution in [0.2, 0.25) is 0 Å². The molecule has 0 bridgehead atoms. The zero-order chi connectivity index (χ0) is 12.0. The molecule has 0 aliphatic rings. The third kappa shape index (κ3) is 3.97. The zero-order valence-corrected chi connectivity index (χ0v) is 11.2. The first kappa shape index (κ1) is 13.2. The van der Waals surface area contributed by atoms with Crippen LogP contribution in [-0.4, -0.2) is 5.78 Å². The van der Waals surface area contributed by atoms with Crippen molar-refractivity contribution in [2.75, 3.05) is 5.73 Å². The van der Waals surface area contributed by atoms with E-state index >= 15 is 0 Å². The number of hydrogen-bond donors (Lipinski definition) is 1. The van der Waals surface area contributed by atoms with Gasteiger partial charge in [-0.2, -0.15) is 0 Å². The van der Waals surface area contributed by atoms with Crippen LogP contribution >= 0.6 is 15.9 Å². The van der Waals surface area contributed by atoms with Gasteiger partial charge in [-0.3, -0.25) is 4.79 Å². The average Bonchev–Trinajstić information content (AvgIpc) is 2.27. The summed E-state index contributed by atoms with van der Waals surface area (Å²) >= 11 is 3.38. The topological polar surface area (TPSA) is 43.1 Å². The second kappa shape index (κ2) is 6.69. The normalized spacial score (nSPS) is 10.4. The highest BCUT2D eigenvalue weighted by Gasteiger charge is 2.09. The minimum absolute atomic E-state index is 0.176. The zero-order valence-electron chi connectivity index (χ0n) is 9.63. The lowest BCUT2D eigenvalue weighted by Gasteiger charge is -2.04. The van der Waals surface area contributed by atoms with E-state index in [0.29, 0.717) is 17.7 Å². The van der Waals surface area contributed by atoms with Crippen molar-refractivity contribution < 1.29 is 4.79 Å². The molecule has 0 unspecified atom stereocenters. The Bertz CT molecular complexity index is 363. The molecule has 0 heterocycles. The van der Waals surface area contributed by atoms with Gasteiger partial charge < -0.3 is 5.73 Å². The van der Waals surface area contributed by atoms with Crippen LogP contribution in [0.5, 0.6) is 0 Å². The van der Waals surface area contributed by atoms with E-state index in [1.54, 1.807) is 12.1 Å². The summed E-state index contributed by atoms with van der Waals surface area (Å²) in [5.41, 5.74) is 7.01. The van der Waals surface area contributed by atoms with Crippen molar-refractivity contribution in [3.63, 3.8) is 0 Å². The summed E-state index contributed by atoms with van der Waals surface area (Å²) in [5.74, 6) is 0.176. The van der Waals surface area contributed by atoms with Crippen molar-refractivity contribution in [2.24, 2.45) is 0 Å². The molecule has 0 aliphatic carbocycles. The number of carbonyl (C=O) groups excluding carboxylic acids is 1. The van der Waals surface area contributed by atoms with Crippen molar-refractivity contribution in [3.05, 3.63) is 28.2 Å². The molecule has 0 fully saturated rings. The molecule has 16 heavy (non-hydrogen) atoms. The third-order valence-corrected chi connectivity index (χ3v) is 3.24. The van der Waals surface area contributed by atoms with Gasteiger partial charge in [0.15, 0.2) is 5.78 Å². The summed E-state index contributed by atoms with van der Waals surface area (Å²) in [7, 11) is 0. The van der Waals surface area contributed by atoms with E-state index in [1.807, 2.05) is 6.07 Å². The minimum atomic E-state index is 0.176. The highest BCUT2D eigenvalue weighted by atomic mass is 79.9. The van der Waals surface area contributed by atoms with Crippen molar-refractivity contribution >= 4 is 27.4 Å². The summed E-state index contributed by atoms with van der Waals surface area (Å²) in [6, 6.07) is 5.36. The Labute approximate surface area is 105 Å². The van der Waals surface area contributed by atoms with Crippen LogP contribution in [0, 0.1) is 0 Å². The van der Waals surface area contributed by atoms with Crippen LogP contribution in [0.15, 0.2) is 22.7 Å². The van der Waals surface area contributed by atoms with Crippen molar-refractivity contribution in [3.8, 4) is 0 Å². The van der Waals surface area contributed by atoms with E-state index in [9.17, 15) is 4.79 Å². The maximum atomic E-state index is 11.9. The van der Waals surface area contributed by atoms with Gasteiger partial charge in [0, 0.05) is 22.1 Å². The molecule has 1 rings (SSSR count). The molecule has 0 saturated carbocycles. The number of carbonyl (C=O) groups is 1. The van der Waals surface area contributed by atoms with Gasteiger partial charge >= 0.3 is 0 Å². The Kier molecular flexibility index (Phi) is 5.53. The minimum Gasteiger partial charge on any atom is -0.399 e. The van der Waals surface area contributed by atoms with E-state index in [-0.39, 0.29) is 5.78 Å². The lowest BCUT2D eigenvalue weighted by molar-refractivity contribution is 0.0978. The summed E-state index contributed by atoms with van der Waals surface area (Å²) in [6.07, 6.45) is 5.10. The molecular formula is C13H18BrNO. The maximum absolute atomic E-state index is 11.9. The maximum Gasteiger partial charge on any atom is 0.164 e. The van der Waals surface area contributed by atoms with Crippen molar-refractivity contribution in [1.82, 2.24) is 0 Å². The summed E-state index contributed by atoms with van der Waals surface area (Å²) < 4.78 is 0.835. The summed E-state index contributed by atoms with van der Waals surface area (Å²) in [4.78, 5) is 11.9. The first-order valence-corrected chi connectivity index (χ1v) is 6.52. The first-order chi connectivity index (χ1) is 7.65. The molecule has 2 nitrogen and oxygen atoms in total. The number of rotatable bonds is 6. The molecule has 0 aliphatic heterocycles. The van der Waals surface area contributed by atoms with Crippen LogP contribution in [0.1, 0.15) is 49.4 Å². The Morgan fingerprint density at radius 1 is 1.31 bits per heavy atom. The fraction of sp³-hybridized carbons (Fsp3) is 0.462. The monoisotopic (exact) mass is 283 g/mol. The second-order valence-corrected chi connectivity index (χ2v) is 4.83. The molecule has 3 heteroatoms. The first-order valence-electron chi connectivity index (χ1n) is 5.73. The fourth-order valence-corrected chi connectivity index (χ4v) is 2.07. The molecule has 0 amide bonds. The number of nitrogen functional groups attached to an aromatic ring is 1. The SMILES string of the molecule is CCCCCCC(=O)c1cc(N)ccc1Br. The fourth-order valence-electron chi connectivity index (χ4n) is 1.60. The Morgan fingerprint density at radius 3 is 2.75 bits per heavy atom. The standard InChI is InChI=1S/C13H18BrNO/c1-2-3-4-5-6-13(16)11-9-10(15)7-8-12(11)14/h7-9H,2-6,15H2,1H3. The Hall–Kier alpha value is -0.830. The van der Waals surface area contributed by atoms with Crippen molar-refractivity contribution in [1.29, 1.82) is 0 Å². The van der Waals surface area contributed by atoms with Crippen LogP contribution < -0.4 is 5.73 Å². The molecule has 2 N–H and O–H groups in total. The summed E-state index contributed by atoms with van der Waals surface area (Å²) in [5, 5.41) is 0. The Balaban J connectivity index is 2.55. The van der Waals surface area contributed by atoms with Crippen LogP contribution in [-0.2, 0) is 0 Å². The molecule has 0 atom stereocenters. The van der Waals surface area contributed by atoms with E-state index in [2.05, 4.69) is 22.9 Å². The molecule has 0 saturated heterocycles. The molecule has 88 valence electrons. The number of halogens is 1. The predicted molar refractivity (Wildman–Crippen MR) is 71.6 cm³/mol. The van der Waals surface area contributed by atoms with Gasteiger partial charge in [-0.15, -0.1) is 0 Å². The molecule has 1 aromatic rings. The van der Waals surface area contributed by atoms with Crippen molar-refractivity contribution in [2.45, 2.75) is 39.0 Å². The van der Waals surface area contributed by atoms with Gasteiger partial charge in [0.1, 0.15) is 0 Å². The molecule has 0 spiro atoms. The van der Waals surface area contributed by atoms with E-state index in [4.69, 9.17) is 5.73 Å². The number of benzene rings is 1. The van der Waals surface area contributed by atoms with Gasteiger partial charge in [-0.05, 0) is 24.6 Å². The Morgan fingerprint density at radius 2 is 2.06 bits per heavy atom. The lowest BCUT2D eigenvalue weighted by atomic mass is 10.0. The van der Waals surface area contributed by atoms with Gasteiger partial charge in [0.05, 0.1) is 0 Å². The van der Waals surface area contributed by atoms with Crippen LogP contribution in [0.3, 0.4) is 0 Å². The molecule has 0 radical (unpaired) electrons. The van der Waals surface area contributed by atoms with Gasteiger partial charge in [-0.1, -0.05) is 42.1 Å². The number of Topliss-reactive ketones (excluding diaryl/α,β-unsaturated/α-hetero) is 1. The van der Waals surface area contributed by atoms with Crippen LogP contribution in [0.25, 0.3) is 0 Å². The average molecular weight is 284 g/mol. The lowest BCUT2D eigenvalue weighted by Crippen LogP contribution is -2.01. The highest BCUT2D eigenvalue weighted by Crippen LogP contribution is 2.21. The van der Waals surface area contributed by atoms with Crippen LogP contribution in [0.4, 0.5) is 5.69 Å². The number of unbranched alkanes of at least 4 members (excludes halogenated alkanes) is 3. The van der Waals surface area contributed by atoms with E-state index in [1.165, 1.54) is 12.8 Å². The van der Waals surface area contributed by atoms with Gasteiger partial charge in [0.25, 0.3) is 0 Å². The molecule has 1 aromatic carbocycles. The largest absolute Gasteiger partial charge is 0.399 e. The summed E-state index contributed by atoms with van der Waals surface area (Å²) in [6.45, 7) is 2.16. The van der Waals surface area contributed by atoms with E-state index in [0.717, 1.165) is 17.3 Å². The quantitative estimate of drug-likeness (QED) is 0.483. The highest BCUT2D eigenvalue weighted by molar-refractivity contribution is 9.10. The number of nitrogens with two attached hydrogens (primary N) is 1. The molecular weight excluding hydrogens is 266 g/mol. The number of anilines is 1. The predicted octanol–water partition coefficient (Wildman–Crippen LogP) is 4.18. The van der Waals surface area contributed by atoms with Gasteiger partial charge in [0.2, 0.25) is 0 Å². The second-order valence-electron chi connectivity index (χ2n) is 3.97. The number of ketones is 1. The van der Waals surface area contributed by atoms with Gasteiger partial charge in [-0.25, -0.2) is 0 Å². The number of hydrogen-bond acceptors (Lipinski definition) is 2. The molecule has 0 aromatic heterocycles.